The van der Waals surface area contributed by atoms with Crippen LogP contribution in [0, 0.1) is 0 Å². The normalized spacial score (nSPS) is 16.3. The van der Waals surface area contributed by atoms with Gasteiger partial charge in [-0.2, -0.15) is 5.10 Å². The van der Waals surface area contributed by atoms with E-state index in [0.717, 1.165) is 48.4 Å². The number of rotatable bonds is 7. The minimum Gasteiger partial charge on any atom is -0.355 e. The first-order chi connectivity index (χ1) is 13.7. The van der Waals surface area contributed by atoms with Gasteiger partial charge in [0.05, 0.1) is 24.1 Å². The van der Waals surface area contributed by atoms with Gasteiger partial charge < -0.3 is 14.8 Å². The highest BCUT2D eigenvalue weighted by Crippen LogP contribution is 2.26. The van der Waals surface area contributed by atoms with Crippen LogP contribution in [0.5, 0.6) is 0 Å². The van der Waals surface area contributed by atoms with Crippen molar-refractivity contribution < 1.29 is 9.47 Å². The summed E-state index contributed by atoms with van der Waals surface area (Å²) < 4.78 is 15.4. The first kappa shape index (κ1) is 19.3. The molecule has 4 rings (SSSR count). The zero-order chi connectivity index (χ0) is 19.5. The fourth-order valence-electron chi connectivity index (χ4n) is 3.54. The highest BCUT2D eigenvalue weighted by atomic mass is 79.9. The summed E-state index contributed by atoms with van der Waals surface area (Å²) in [5.41, 5.74) is 1.67. The van der Waals surface area contributed by atoms with E-state index in [0.29, 0.717) is 11.9 Å². The minimum atomic E-state index is -0.171. The van der Waals surface area contributed by atoms with E-state index in [2.05, 4.69) is 41.2 Å². The van der Waals surface area contributed by atoms with Crippen LogP contribution < -0.4 is 5.32 Å². The van der Waals surface area contributed by atoms with E-state index in [1.165, 1.54) is 0 Å². The van der Waals surface area contributed by atoms with Crippen molar-refractivity contribution in [1.82, 2.24) is 29.0 Å². The lowest BCUT2D eigenvalue weighted by molar-refractivity contribution is -0.118. The number of fused-ring (bicyclic) bond motifs is 1. The summed E-state index contributed by atoms with van der Waals surface area (Å²) in [6.45, 7) is 2.79. The molecule has 1 fully saturated rings. The van der Waals surface area contributed by atoms with Gasteiger partial charge in [-0.15, -0.1) is 0 Å². The number of hydrogen-bond acceptors (Lipinski definition) is 7. The molecule has 1 N–H and O–H groups in total. The minimum absolute atomic E-state index is 0.171. The van der Waals surface area contributed by atoms with Crippen molar-refractivity contribution in [1.29, 1.82) is 0 Å². The number of aromatic nitrogens is 5. The topological polar surface area (TPSA) is 81.7 Å². The lowest BCUT2D eigenvalue weighted by Crippen LogP contribution is -2.40. The number of methoxy groups -OCH3 is 2. The van der Waals surface area contributed by atoms with E-state index in [1.54, 1.807) is 26.6 Å². The Morgan fingerprint density at radius 3 is 2.75 bits per heavy atom. The molecule has 150 valence electrons. The van der Waals surface area contributed by atoms with E-state index >= 15 is 0 Å². The quantitative estimate of drug-likeness (QED) is 0.555. The van der Waals surface area contributed by atoms with Gasteiger partial charge in [0.1, 0.15) is 4.60 Å². The van der Waals surface area contributed by atoms with Crippen molar-refractivity contribution in [3.8, 4) is 0 Å². The molecule has 0 atom stereocenters. The highest BCUT2D eigenvalue weighted by molar-refractivity contribution is 9.10. The van der Waals surface area contributed by atoms with E-state index in [1.807, 2.05) is 27.7 Å². The van der Waals surface area contributed by atoms with E-state index < -0.39 is 0 Å². The molecule has 0 saturated carbocycles. The Hall–Kier alpha value is -2.01. The average Bonchev–Trinajstić information content (AvgIpc) is 3.39. The van der Waals surface area contributed by atoms with Crippen molar-refractivity contribution in [3.05, 3.63) is 35.6 Å². The lowest BCUT2D eigenvalue weighted by Gasteiger charge is -2.33. The van der Waals surface area contributed by atoms with Crippen molar-refractivity contribution in [2.45, 2.75) is 25.2 Å². The Bertz CT molecular complexity index is 916. The maximum atomic E-state index is 5.30. The van der Waals surface area contributed by atoms with Crippen LogP contribution in [0.2, 0.25) is 0 Å². The Morgan fingerprint density at radius 1 is 1.21 bits per heavy atom. The van der Waals surface area contributed by atoms with Crippen LogP contribution in [-0.2, 0) is 9.47 Å². The number of nitrogens with one attached hydrogen (secondary N) is 1. The molecule has 3 aromatic heterocycles. The third kappa shape index (κ3) is 4.04. The maximum Gasteiger partial charge on any atom is 0.181 e. The van der Waals surface area contributed by atoms with Crippen LogP contribution >= 0.6 is 15.9 Å². The maximum absolute atomic E-state index is 5.30. The second kappa shape index (κ2) is 8.56. The number of hydrogen-bond donors (Lipinski definition) is 1. The summed E-state index contributed by atoms with van der Waals surface area (Å²) in [6.07, 6.45) is 11.2. The van der Waals surface area contributed by atoms with Crippen molar-refractivity contribution >= 4 is 33.1 Å². The molecule has 0 spiro atoms. The molecule has 3 aromatic rings. The van der Waals surface area contributed by atoms with Gasteiger partial charge >= 0.3 is 0 Å². The molecule has 1 aliphatic rings. The smallest absolute Gasteiger partial charge is 0.181 e. The number of piperidine rings is 1. The third-order valence-electron chi connectivity index (χ3n) is 5.11. The molecule has 10 heteroatoms. The van der Waals surface area contributed by atoms with Gasteiger partial charge in [0.25, 0.3) is 0 Å². The number of halogens is 1. The molecular weight excluding hydrogens is 426 g/mol. The van der Waals surface area contributed by atoms with Crippen molar-refractivity contribution in [3.63, 3.8) is 0 Å². The zero-order valence-electron chi connectivity index (χ0n) is 16.0. The van der Waals surface area contributed by atoms with Crippen LogP contribution in [0.1, 0.15) is 18.9 Å². The largest absolute Gasteiger partial charge is 0.355 e. The SMILES string of the molecule is COC(CN1CCC(n2cc(Nc3ncc(Br)n4ccnc34)cn2)CC1)OC. The van der Waals surface area contributed by atoms with Gasteiger partial charge in [-0.05, 0) is 28.8 Å². The van der Waals surface area contributed by atoms with Gasteiger partial charge in [0.2, 0.25) is 0 Å². The fourth-order valence-corrected chi connectivity index (χ4v) is 3.93. The zero-order valence-corrected chi connectivity index (χ0v) is 17.5. The van der Waals surface area contributed by atoms with Crippen LogP contribution in [0.3, 0.4) is 0 Å². The summed E-state index contributed by atoms with van der Waals surface area (Å²) >= 11 is 3.48. The molecule has 28 heavy (non-hydrogen) atoms. The first-order valence-corrected chi connectivity index (χ1v) is 10.0. The molecule has 1 aliphatic heterocycles. The molecule has 1 saturated heterocycles. The number of imidazole rings is 1. The number of ether oxygens (including phenoxy) is 2. The average molecular weight is 450 g/mol. The molecule has 0 bridgehead atoms. The molecule has 4 heterocycles. The van der Waals surface area contributed by atoms with Crippen LogP contribution in [0.4, 0.5) is 11.5 Å². The predicted molar refractivity (Wildman–Crippen MR) is 109 cm³/mol. The van der Waals surface area contributed by atoms with Gasteiger partial charge in [-0.25, -0.2) is 9.97 Å². The Balaban J connectivity index is 1.38. The Morgan fingerprint density at radius 2 is 2.00 bits per heavy atom. The van der Waals surface area contributed by atoms with Crippen molar-refractivity contribution in [2.75, 3.05) is 39.2 Å². The summed E-state index contributed by atoms with van der Waals surface area (Å²) in [6, 6.07) is 0.389. The molecule has 9 nitrogen and oxygen atoms in total. The molecule has 0 amide bonds. The fraction of sp³-hybridized carbons (Fsp3) is 0.500. The highest BCUT2D eigenvalue weighted by Gasteiger charge is 2.23. The molecular formula is C18H24BrN7O2. The first-order valence-electron chi connectivity index (χ1n) is 9.24. The van der Waals surface area contributed by atoms with Crippen LogP contribution in [-0.4, -0.2) is 69.2 Å². The molecule has 0 aliphatic carbocycles. The van der Waals surface area contributed by atoms with Gasteiger partial charge in [-0.1, -0.05) is 0 Å². The summed E-state index contributed by atoms with van der Waals surface area (Å²) in [4.78, 5) is 11.2. The molecule has 0 radical (unpaired) electrons. The number of nitrogens with zero attached hydrogens (tertiary/aromatic N) is 6. The lowest BCUT2D eigenvalue weighted by atomic mass is 10.1. The van der Waals surface area contributed by atoms with Crippen molar-refractivity contribution in [2.24, 2.45) is 0 Å². The molecule has 0 aromatic carbocycles. The Kier molecular flexibility index (Phi) is 5.90. The molecule has 0 unspecified atom stereocenters. The Labute approximate surface area is 171 Å². The van der Waals surface area contributed by atoms with Gasteiger partial charge in [0, 0.05) is 52.4 Å². The van der Waals surface area contributed by atoms with E-state index in [4.69, 9.17) is 9.47 Å². The summed E-state index contributed by atoms with van der Waals surface area (Å²) in [5.74, 6) is 0.702. The van der Waals surface area contributed by atoms with Crippen LogP contribution in [0.15, 0.2) is 35.6 Å². The van der Waals surface area contributed by atoms with Gasteiger partial charge in [0.15, 0.2) is 17.8 Å². The number of anilines is 2. The van der Waals surface area contributed by atoms with Gasteiger partial charge in [-0.3, -0.25) is 14.0 Å². The summed E-state index contributed by atoms with van der Waals surface area (Å²) in [7, 11) is 3.35. The van der Waals surface area contributed by atoms with E-state index in [9.17, 15) is 0 Å². The van der Waals surface area contributed by atoms with E-state index in [-0.39, 0.29) is 6.29 Å². The predicted octanol–water partition coefficient (Wildman–Crippen LogP) is 2.69. The monoisotopic (exact) mass is 449 g/mol. The second-order valence-corrected chi connectivity index (χ2v) is 7.63. The summed E-state index contributed by atoms with van der Waals surface area (Å²) in [5, 5.41) is 7.89. The second-order valence-electron chi connectivity index (χ2n) is 6.82. The number of likely N-dealkylation sites (tertiary alicyclic amines) is 1. The third-order valence-corrected chi connectivity index (χ3v) is 5.70. The van der Waals surface area contributed by atoms with Crippen LogP contribution in [0.25, 0.3) is 5.65 Å². The standard InChI is InChI=1S/C18H24BrN7O2/c1-27-16(28-2)12-24-6-3-14(4-7-24)26-11-13(9-22-26)23-17-18-20-5-8-25(18)15(19)10-21-17/h5,8-11,14,16H,3-4,6-7,12H2,1-2H3,(H,21,23).